The number of benzene rings is 4. The number of phenols is 1. The van der Waals surface area contributed by atoms with Gasteiger partial charge in [0, 0.05) is 38.3 Å². The Bertz CT molecular complexity index is 2150. The number of amides is 4. The smallest absolute Gasteiger partial charge is 0.262 e. The zero-order valence-electron chi connectivity index (χ0n) is 32.7. The van der Waals surface area contributed by atoms with Gasteiger partial charge in [-0.3, -0.25) is 34.3 Å². The van der Waals surface area contributed by atoms with Crippen LogP contribution in [-0.4, -0.2) is 102 Å². The fourth-order valence-corrected chi connectivity index (χ4v) is 9.12. The molecule has 10 nitrogen and oxygen atoms in total. The average molecular weight is 766 g/mol. The van der Waals surface area contributed by atoms with Crippen molar-refractivity contribution in [3.05, 3.63) is 130 Å². The predicted molar refractivity (Wildman–Crippen MR) is 222 cm³/mol. The van der Waals surface area contributed by atoms with E-state index in [1.54, 1.807) is 24.3 Å². The van der Waals surface area contributed by atoms with E-state index in [-0.39, 0.29) is 24.5 Å². The van der Waals surface area contributed by atoms with E-state index >= 15 is 0 Å². The lowest BCUT2D eigenvalue weighted by atomic mass is 9.85. The van der Waals surface area contributed by atoms with Gasteiger partial charge in [-0.2, -0.15) is 0 Å². The number of nitrogens with one attached hydrogen (secondary N) is 1. The normalized spacial score (nSPS) is 20.1. The molecule has 57 heavy (non-hydrogen) atoms. The summed E-state index contributed by atoms with van der Waals surface area (Å²) in [6.07, 6.45) is 4.59. The van der Waals surface area contributed by atoms with Gasteiger partial charge >= 0.3 is 0 Å². The van der Waals surface area contributed by atoms with Crippen LogP contribution in [-0.2, 0) is 9.59 Å². The first kappa shape index (κ1) is 38.3. The van der Waals surface area contributed by atoms with Crippen molar-refractivity contribution in [2.45, 2.75) is 57.4 Å². The molecule has 4 aliphatic heterocycles. The summed E-state index contributed by atoms with van der Waals surface area (Å²) in [5.74, 6) is -1.09. The molecular weight excluding hydrogens is 715 g/mol. The number of hydrogen-bond acceptors (Lipinski definition) is 8. The molecular formula is C47H51N5O5. The molecule has 0 aliphatic carbocycles. The fraction of sp³-hybridized carbons (Fsp3) is 0.362. The molecule has 3 fully saturated rings. The van der Waals surface area contributed by atoms with Crippen LogP contribution in [0.5, 0.6) is 5.75 Å². The topological polar surface area (TPSA) is 114 Å². The van der Waals surface area contributed by atoms with Gasteiger partial charge in [0.2, 0.25) is 11.8 Å². The van der Waals surface area contributed by atoms with Gasteiger partial charge < -0.3 is 14.9 Å². The number of piperazine rings is 1. The third kappa shape index (κ3) is 8.15. The van der Waals surface area contributed by atoms with Crippen molar-refractivity contribution in [2.24, 2.45) is 0 Å². The Kier molecular flexibility index (Phi) is 11.3. The molecule has 0 saturated carbocycles. The molecule has 0 aromatic heterocycles. The van der Waals surface area contributed by atoms with Crippen molar-refractivity contribution in [2.75, 3.05) is 57.3 Å². The summed E-state index contributed by atoms with van der Waals surface area (Å²) < 4.78 is 0. The molecule has 0 spiro atoms. The highest BCUT2D eigenvalue weighted by molar-refractivity contribution is 6.23. The number of rotatable bonds is 11. The largest absolute Gasteiger partial charge is 0.508 e. The summed E-state index contributed by atoms with van der Waals surface area (Å²) >= 11 is 0. The highest BCUT2D eigenvalue weighted by Crippen LogP contribution is 2.37. The Labute approximate surface area is 334 Å². The van der Waals surface area contributed by atoms with Gasteiger partial charge in [0.25, 0.3) is 11.8 Å². The first-order valence-electron chi connectivity index (χ1n) is 20.5. The predicted octanol–water partition coefficient (Wildman–Crippen LogP) is 6.55. The Morgan fingerprint density at radius 1 is 0.684 bits per heavy atom. The van der Waals surface area contributed by atoms with E-state index in [0.29, 0.717) is 17.0 Å². The molecule has 4 aromatic rings. The maximum absolute atomic E-state index is 13.3. The van der Waals surface area contributed by atoms with Gasteiger partial charge in [0.1, 0.15) is 11.8 Å². The number of nitrogens with zero attached hydrogens (tertiary/aromatic N) is 4. The van der Waals surface area contributed by atoms with Crippen LogP contribution in [0.25, 0.3) is 11.1 Å². The highest BCUT2D eigenvalue weighted by Gasteiger charge is 2.44. The molecule has 10 heteroatoms. The Morgan fingerprint density at radius 2 is 1.32 bits per heavy atom. The lowest BCUT2D eigenvalue weighted by molar-refractivity contribution is -0.136. The minimum Gasteiger partial charge on any atom is -0.508 e. The van der Waals surface area contributed by atoms with Crippen molar-refractivity contribution < 1.29 is 24.3 Å². The maximum Gasteiger partial charge on any atom is 0.262 e. The monoisotopic (exact) mass is 765 g/mol. The number of phenolic OH excluding ortho intramolecular Hbond substituents is 1. The molecule has 8 rings (SSSR count). The number of anilines is 1. The van der Waals surface area contributed by atoms with Crippen LogP contribution < -0.4 is 10.2 Å². The summed E-state index contributed by atoms with van der Waals surface area (Å²) in [7, 11) is 0. The highest BCUT2D eigenvalue weighted by atomic mass is 16.3. The van der Waals surface area contributed by atoms with E-state index in [4.69, 9.17) is 0 Å². The zero-order chi connectivity index (χ0) is 39.5. The number of hydrogen-bond donors (Lipinski definition) is 2. The van der Waals surface area contributed by atoms with Crippen molar-refractivity contribution in [3.63, 3.8) is 0 Å². The number of likely N-dealkylation sites (tertiary alicyclic amines) is 1. The Hall–Kier alpha value is -5.58. The second-order valence-corrected chi connectivity index (χ2v) is 15.7. The number of piperidine rings is 2. The standard InChI is InChI=1S/C47H51N5O5/c1-2-39(34-7-4-3-5-8-34)44(36-13-16-38(53)17-14-36)35-11-9-32(10-12-35)33-21-25-49(26-22-33)23-6-24-50-27-29-51(30-28-50)37-15-18-40-41(31-37)47(57)52(46(40)56)42-19-20-43(54)48-45(42)55/h3-5,7-18,31,33,42,53H,2,6,19-30H2,1H3,(H,48,54,55)/b44-39+. The van der Waals surface area contributed by atoms with E-state index in [1.165, 1.54) is 27.8 Å². The molecule has 2 N–H and O–H groups in total. The number of carbonyl (C=O) groups is 4. The van der Waals surface area contributed by atoms with E-state index in [0.717, 1.165) is 94.2 Å². The molecule has 1 atom stereocenters. The maximum atomic E-state index is 13.3. The van der Waals surface area contributed by atoms with E-state index in [1.807, 2.05) is 18.2 Å². The van der Waals surface area contributed by atoms with Crippen LogP contribution in [0.2, 0.25) is 0 Å². The molecule has 4 aromatic carbocycles. The number of imide groups is 2. The summed E-state index contributed by atoms with van der Waals surface area (Å²) in [5.41, 5.74) is 8.98. The van der Waals surface area contributed by atoms with Crippen LogP contribution in [0.1, 0.15) is 94.3 Å². The van der Waals surface area contributed by atoms with Gasteiger partial charge in [0.15, 0.2) is 0 Å². The van der Waals surface area contributed by atoms with Gasteiger partial charge in [-0.15, -0.1) is 0 Å². The van der Waals surface area contributed by atoms with Gasteiger partial charge in [-0.1, -0.05) is 73.7 Å². The number of aromatic hydroxyl groups is 1. The second-order valence-electron chi connectivity index (χ2n) is 15.7. The van der Waals surface area contributed by atoms with Gasteiger partial charge in [-0.05, 0) is 128 Å². The van der Waals surface area contributed by atoms with E-state index in [9.17, 15) is 24.3 Å². The van der Waals surface area contributed by atoms with Crippen molar-refractivity contribution in [3.8, 4) is 5.75 Å². The summed E-state index contributed by atoms with van der Waals surface area (Å²) in [5, 5.41) is 12.3. The molecule has 294 valence electrons. The Morgan fingerprint density at radius 3 is 1.96 bits per heavy atom. The average Bonchev–Trinajstić information content (AvgIpc) is 3.49. The van der Waals surface area contributed by atoms with E-state index < -0.39 is 23.8 Å². The molecule has 0 bridgehead atoms. The lowest BCUT2D eigenvalue weighted by Gasteiger charge is -2.37. The van der Waals surface area contributed by atoms with Crippen LogP contribution >= 0.6 is 0 Å². The van der Waals surface area contributed by atoms with Crippen molar-refractivity contribution >= 4 is 40.5 Å². The number of fused-ring (bicyclic) bond motifs is 1. The van der Waals surface area contributed by atoms with Crippen molar-refractivity contribution in [1.29, 1.82) is 0 Å². The number of carbonyl (C=O) groups excluding carboxylic acids is 4. The first-order valence-corrected chi connectivity index (χ1v) is 20.5. The van der Waals surface area contributed by atoms with Crippen LogP contribution in [0, 0.1) is 0 Å². The molecule has 1 unspecified atom stereocenters. The van der Waals surface area contributed by atoms with E-state index in [2.05, 4.69) is 81.5 Å². The third-order valence-corrected chi connectivity index (χ3v) is 12.3. The summed E-state index contributed by atoms with van der Waals surface area (Å²) in [6, 6.07) is 31.8. The minimum absolute atomic E-state index is 0.104. The molecule has 4 aliphatic rings. The summed E-state index contributed by atoms with van der Waals surface area (Å²) in [6.45, 7) is 10.1. The van der Waals surface area contributed by atoms with Gasteiger partial charge in [-0.25, -0.2) is 0 Å². The molecule has 0 radical (unpaired) electrons. The molecule has 4 heterocycles. The molecule has 3 saturated heterocycles. The quantitative estimate of drug-likeness (QED) is 0.131. The zero-order valence-corrected chi connectivity index (χ0v) is 32.7. The SMILES string of the molecule is CC/C(=C(\c1ccc(O)cc1)c1ccc(C2CCN(CCCN3CCN(c4ccc5c(c4)C(=O)N(C4CCC(=O)NC4=O)C5=O)CC3)CC2)cc1)c1ccccc1. The lowest BCUT2D eigenvalue weighted by Crippen LogP contribution is -2.54. The van der Waals surface area contributed by atoms with Gasteiger partial charge in [0.05, 0.1) is 11.1 Å². The second kappa shape index (κ2) is 16.9. The third-order valence-electron chi connectivity index (χ3n) is 12.3. The van der Waals surface area contributed by atoms with Crippen LogP contribution in [0.3, 0.4) is 0 Å². The summed E-state index contributed by atoms with van der Waals surface area (Å²) in [4.78, 5) is 58.9. The minimum atomic E-state index is -0.957. The van der Waals surface area contributed by atoms with Crippen LogP contribution in [0.4, 0.5) is 5.69 Å². The first-order chi connectivity index (χ1) is 27.8. The Balaban J connectivity index is 0.808. The molecule has 4 amide bonds. The van der Waals surface area contributed by atoms with Crippen molar-refractivity contribution in [1.82, 2.24) is 20.0 Å². The number of allylic oxidation sites excluding steroid dienone is 1. The fourth-order valence-electron chi connectivity index (χ4n) is 9.12. The van der Waals surface area contributed by atoms with Crippen LogP contribution in [0.15, 0.2) is 97.1 Å².